The van der Waals surface area contributed by atoms with Crippen molar-refractivity contribution in [3.8, 4) is 0 Å². The van der Waals surface area contributed by atoms with Gasteiger partial charge in [0.15, 0.2) is 0 Å². The third-order valence-corrected chi connectivity index (χ3v) is 5.89. The van der Waals surface area contributed by atoms with Crippen molar-refractivity contribution in [2.24, 2.45) is 5.92 Å². The zero-order valence-electron chi connectivity index (χ0n) is 18.8. The quantitative estimate of drug-likeness (QED) is 0.301. The minimum atomic E-state index is -1.17. The summed E-state index contributed by atoms with van der Waals surface area (Å²) in [5, 5.41) is 19.1. The molecule has 0 aromatic heterocycles. The van der Waals surface area contributed by atoms with Gasteiger partial charge in [0.2, 0.25) is 0 Å². The smallest absolute Gasteiger partial charge is 0.336 e. The second kappa shape index (κ2) is 13.4. The number of benzene rings is 1. The monoisotopic (exact) mass is 404 g/mol. The van der Waals surface area contributed by atoms with Gasteiger partial charge in [-0.15, -0.1) is 0 Å². The molecule has 29 heavy (non-hydrogen) atoms. The Morgan fingerprint density at radius 3 is 1.86 bits per heavy atom. The van der Waals surface area contributed by atoms with Gasteiger partial charge in [0.25, 0.3) is 0 Å². The average molecular weight is 405 g/mol. The molecule has 0 amide bonds. The molecule has 1 aromatic carbocycles. The Kier molecular flexibility index (Phi) is 11.6. The van der Waals surface area contributed by atoms with E-state index >= 15 is 0 Å². The van der Waals surface area contributed by atoms with E-state index in [1.165, 1.54) is 44.6 Å². The summed E-state index contributed by atoms with van der Waals surface area (Å²) >= 11 is 0. The summed E-state index contributed by atoms with van der Waals surface area (Å²) in [6.07, 6.45) is 12.4. The Balaban J connectivity index is 2.62. The van der Waals surface area contributed by atoms with Gasteiger partial charge in [-0.3, -0.25) is 0 Å². The van der Waals surface area contributed by atoms with E-state index in [1.54, 1.807) is 0 Å². The van der Waals surface area contributed by atoms with Crippen LogP contribution in [-0.2, 0) is 6.42 Å². The van der Waals surface area contributed by atoms with Crippen molar-refractivity contribution in [2.45, 2.75) is 104 Å². The summed E-state index contributed by atoms with van der Waals surface area (Å²) in [6, 6.07) is 3.27. The second-order valence-corrected chi connectivity index (χ2v) is 8.74. The van der Waals surface area contributed by atoms with Gasteiger partial charge in [-0.2, -0.15) is 0 Å². The molecule has 0 fully saturated rings. The largest absolute Gasteiger partial charge is 0.478 e. The number of carboxylic acid groups (broad SMARTS) is 2. The molecule has 0 radical (unpaired) electrons. The molecule has 0 saturated carbocycles. The minimum absolute atomic E-state index is 0.0135. The van der Waals surface area contributed by atoms with Gasteiger partial charge in [0.1, 0.15) is 0 Å². The summed E-state index contributed by atoms with van der Waals surface area (Å²) in [5.74, 6) is -1.29. The highest BCUT2D eigenvalue weighted by molar-refractivity contribution is 6.03. The average Bonchev–Trinajstić information content (AvgIpc) is 2.67. The van der Waals surface area contributed by atoms with Crippen molar-refractivity contribution in [1.82, 2.24) is 0 Å². The fourth-order valence-electron chi connectivity index (χ4n) is 3.95. The van der Waals surface area contributed by atoms with Crippen molar-refractivity contribution in [3.05, 3.63) is 34.4 Å². The Morgan fingerprint density at radius 2 is 1.38 bits per heavy atom. The molecule has 1 aromatic rings. The first kappa shape index (κ1) is 25.2. The third kappa shape index (κ3) is 8.59. The topological polar surface area (TPSA) is 74.6 Å². The van der Waals surface area contributed by atoms with Crippen LogP contribution in [0.15, 0.2) is 12.1 Å². The van der Waals surface area contributed by atoms with Crippen LogP contribution in [0.4, 0.5) is 0 Å². The predicted molar refractivity (Wildman–Crippen MR) is 119 cm³/mol. The highest BCUT2D eigenvalue weighted by Crippen LogP contribution is 2.29. The number of carboxylic acids is 2. The maximum atomic E-state index is 11.8. The lowest BCUT2D eigenvalue weighted by molar-refractivity contribution is 0.0650. The molecular weight excluding hydrogens is 364 g/mol. The molecule has 0 saturated heterocycles. The Morgan fingerprint density at radius 1 is 0.828 bits per heavy atom. The van der Waals surface area contributed by atoms with Crippen molar-refractivity contribution < 1.29 is 19.8 Å². The first-order chi connectivity index (χ1) is 13.8. The normalized spacial score (nSPS) is 12.3. The van der Waals surface area contributed by atoms with Crippen LogP contribution < -0.4 is 0 Å². The van der Waals surface area contributed by atoms with Gasteiger partial charge < -0.3 is 10.2 Å². The number of hydrogen-bond donors (Lipinski definition) is 2. The van der Waals surface area contributed by atoms with E-state index in [2.05, 4.69) is 27.7 Å². The van der Waals surface area contributed by atoms with E-state index in [9.17, 15) is 19.8 Å². The van der Waals surface area contributed by atoms with E-state index in [0.29, 0.717) is 6.42 Å². The van der Waals surface area contributed by atoms with Crippen molar-refractivity contribution in [1.29, 1.82) is 0 Å². The molecule has 0 aliphatic rings. The molecule has 4 heteroatoms. The van der Waals surface area contributed by atoms with Gasteiger partial charge in [0.05, 0.1) is 11.1 Å². The standard InChI is InChI=1S/C25H40O4/c1-5-19(4)20-16-17-22(24(26)27)23(25(28)29)21(20)15-13-11-9-7-6-8-10-12-14-18(2)3/h16-19H,5-15H2,1-4H3,(H,26,27)(H,28,29). The molecule has 0 aliphatic heterocycles. The van der Waals surface area contributed by atoms with E-state index in [1.807, 2.05) is 6.07 Å². The fourth-order valence-corrected chi connectivity index (χ4v) is 3.95. The van der Waals surface area contributed by atoms with E-state index in [4.69, 9.17) is 0 Å². The van der Waals surface area contributed by atoms with Crippen LogP contribution in [0, 0.1) is 5.92 Å². The van der Waals surface area contributed by atoms with Crippen molar-refractivity contribution in [3.63, 3.8) is 0 Å². The molecule has 2 N–H and O–H groups in total. The number of unbranched alkanes of at least 4 members (excludes halogenated alkanes) is 7. The lowest BCUT2D eigenvalue weighted by Gasteiger charge is -2.19. The Hall–Kier alpha value is -1.84. The molecule has 164 valence electrons. The maximum Gasteiger partial charge on any atom is 0.336 e. The molecule has 0 heterocycles. The van der Waals surface area contributed by atoms with Crippen molar-refractivity contribution in [2.75, 3.05) is 0 Å². The lowest BCUT2D eigenvalue weighted by atomic mass is 9.85. The summed E-state index contributed by atoms with van der Waals surface area (Å²) in [6.45, 7) is 8.69. The first-order valence-corrected chi connectivity index (χ1v) is 11.4. The molecule has 0 spiro atoms. The first-order valence-electron chi connectivity index (χ1n) is 11.4. The van der Waals surface area contributed by atoms with Crippen LogP contribution >= 0.6 is 0 Å². The number of aromatic carboxylic acids is 2. The number of hydrogen-bond acceptors (Lipinski definition) is 2. The lowest BCUT2D eigenvalue weighted by Crippen LogP contribution is -2.15. The molecule has 1 rings (SSSR count). The summed E-state index contributed by atoms with van der Waals surface area (Å²) < 4.78 is 0. The molecular formula is C25H40O4. The van der Waals surface area contributed by atoms with Crippen LogP contribution in [-0.4, -0.2) is 22.2 Å². The Bertz CT molecular complexity index is 648. The van der Waals surface area contributed by atoms with Gasteiger partial charge >= 0.3 is 11.9 Å². The fraction of sp³-hybridized carbons (Fsp3) is 0.680. The highest BCUT2D eigenvalue weighted by atomic mass is 16.4. The molecule has 1 atom stereocenters. The van der Waals surface area contributed by atoms with Crippen molar-refractivity contribution >= 4 is 11.9 Å². The van der Waals surface area contributed by atoms with Crippen LogP contribution in [0.3, 0.4) is 0 Å². The zero-order valence-corrected chi connectivity index (χ0v) is 18.8. The van der Waals surface area contributed by atoms with Gasteiger partial charge in [0, 0.05) is 0 Å². The second-order valence-electron chi connectivity index (χ2n) is 8.74. The summed E-state index contributed by atoms with van der Waals surface area (Å²) in [4.78, 5) is 23.4. The molecule has 4 nitrogen and oxygen atoms in total. The Labute approximate surface area is 176 Å². The summed E-state index contributed by atoms with van der Waals surface area (Å²) in [7, 11) is 0. The van der Waals surface area contributed by atoms with E-state index < -0.39 is 11.9 Å². The summed E-state index contributed by atoms with van der Waals surface area (Å²) in [5.41, 5.74) is 1.60. The third-order valence-electron chi connectivity index (χ3n) is 5.89. The predicted octanol–water partition coefficient (Wildman–Crippen LogP) is 7.31. The minimum Gasteiger partial charge on any atom is -0.478 e. The number of carbonyl (C=O) groups is 2. The van der Waals surface area contributed by atoms with Crippen LogP contribution in [0.25, 0.3) is 0 Å². The van der Waals surface area contributed by atoms with Crippen LogP contribution in [0.2, 0.25) is 0 Å². The number of rotatable bonds is 15. The highest BCUT2D eigenvalue weighted by Gasteiger charge is 2.24. The maximum absolute atomic E-state index is 11.8. The van der Waals surface area contributed by atoms with Crippen LogP contribution in [0.1, 0.15) is 130 Å². The SMILES string of the molecule is CCC(C)c1ccc(C(=O)O)c(C(=O)O)c1CCCCCCCCCCC(C)C. The van der Waals surface area contributed by atoms with Gasteiger partial charge in [-0.1, -0.05) is 85.1 Å². The van der Waals surface area contributed by atoms with Gasteiger partial charge in [-0.05, 0) is 48.3 Å². The molecule has 0 aliphatic carbocycles. The zero-order chi connectivity index (χ0) is 21.8. The van der Waals surface area contributed by atoms with Crippen LogP contribution in [0.5, 0.6) is 0 Å². The molecule has 0 bridgehead atoms. The van der Waals surface area contributed by atoms with Gasteiger partial charge in [-0.25, -0.2) is 9.59 Å². The van der Waals surface area contributed by atoms with E-state index in [-0.39, 0.29) is 17.0 Å². The van der Waals surface area contributed by atoms with E-state index in [0.717, 1.165) is 42.7 Å². The molecule has 1 unspecified atom stereocenters.